The number of hydrogen-bond donors (Lipinski definition) is 1. The number of H-pyrrole nitrogens is 1. The average Bonchev–Trinajstić information content (AvgIpc) is 3.19. The zero-order valence-electron chi connectivity index (χ0n) is 34.7. The van der Waals surface area contributed by atoms with Gasteiger partial charge in [0.25, 0.3) is 23.6 Å². The Kier molecular flexibility index (Phi) is 33.6. The number of fused-ring (bicyclic) bond motifs is 3. The van der Waals surface area contributed by atoms with Gasteiger partial charge in [-0.1, -0.05) is 50.5 Å². The molecule has 6 rings (SSSR count). The first-order valence-electron chi connectivity index (χ1n) is 16.8. The second kappa shape index (κ2) is 32.1. The molecule has 6 aromatic rings. The molecule has 0 fully saturated rings. The zero-order chi connectivity index (χ0) is 41.5. The van der Waals surface area contributed by atoms with E-state index in [1.54, 1.807) is 0 Å². The van der Waals surface area contributed by atoms with Crippen LogP contribution in [-0.2, 0) is 35.5 Å². The molecule has 23 heteroatoms. The summed E-state index contributed by atoms with van der Waals surface area (Å²) in [6.07, 6.45) is 1.78. The molecule has 0 radical (unpaired) electrons. The number of hydrogen-bond acceptors (Lipinski definition) is 19. The summed E-state index contributed by atoms with van der Waals surface area (Å²) in [7, 11) is 4.23. The van der Waals surface area contributed by atoms with Gasteiger partial charge >= 0.3 is 132 Å². The summed E-state index contributed by atoms with van der Waals surface area (Å²) in [5, 5.41) is 9.70. The summed E-state index contributed by atoms with van der Waals surface area (Å²) < 4.78 is 36.5. The summed E-state index contributed by atoms with van der Waals surface area (Å²) in [5.41, 5.74) is 0.182. The van der Waals surface area contributed by atoms with E-state index in [1.165, 1.54) is 44.1 Å². The third-order valence-corrected chi connectivity index (χ3v) is 7.56. The van der Waals surface area contributed by atoms with Gasteiger partial charge in [0.1, 0.15) is 16.2 Å². The van der Waals surface area contributed by atoms with Crippen molar-refractivity contribution in [1.82, 2.24) is 29.5 Å². The van der Waals surface area contributed by atoms with Crippen LogP contribution in [0, 0.1) is 0 Å². The number of methoxy groups -OCH3 is 3. The molecule has 1 N–H and O–H groups in total. The first-order valence-corrected chi connectivity index (χ1v) is 16.8. The number of rotatable bonds is 10. The molecule has 0 aromatic carbocycles. The molecular weight excluding hydrogens is 871 g/mol. The minimum Gasteiger partial charge on any atom is -1.00 e. The van der Waals surface area contributed by atoms with Crippen LogP contribution in [-0.4, -0.2) is 63.9 Å². The summed E-state index contributed by atoms with van der Waals surface area (Å²) >= 11 is 0. The quantitative estimate of drug-likeness (QED) is 0.0676. The van der Waals surface area contributed by atoms with Crippen LogP contribution in [0.4, 0.5) is 0 Å². The third-order valence-electron chi connectivity index (χ3n) is 7.56. The molecule has 334 valence electrons. The molecule has 0 aliphatic heterocycles. The van der Waals surface area contributed by atoms with Crippen molar-refractivity contribution in [2.75, 3.05) is 27.9 Å². The Morgan fingerprint density at radius 3 is 1.53 bits per heavy atom. The van der Waals surface area contributed by atoms with E-state index in [9.17, 15) is 24.0 Å². The van der Waals surface area contributed by atoms with Gasteiger partial charge in [-0.15, -0.1) is 0 Å². The molecule has 0 spiro atoms. The van der Waals surface area contributed by atoms with Gasteiger partial charge < -0.3 is 43.8 Å². The molecular formula is C39H56K2N6O15. The number of nitrogens with zero attached hydrogens (tertiary/aromatic N) is 5. The average molecular weight is 927 g/mol. The first-order chi connectivity index (χ1) is 26.9. The molecule has 0 unspecified atom stereocenters. The van der Waals surface area contributed by atoms with Crippen molar-refractivity contribution in [3.63, 3.8) is 0 Å². The Hall–Kier alpha value is -3.63. The Morgan fingerprint density at radius 1 is 0.677 bits per heavy atom. The molecule has 21 nitrogen and oxygen atoms in total. The predicted molar refractivity (Wildman–Crippen MR) is 223 cm³/mol. The molecule has 0 aliphatic rings. The first kappa shape index (κ1) is 65.0. The summed E-state index contributed by atoms with van der Waals surface area (Å²) in [5.74, 6) is 0.375. The zero-order valence-corrected chi connectivity index (χ0v) is 40.0. The maximum atomic E-state index is 12.3. The van der Waals surface area contributed by atoms with Crippen molar-refractivity contribution in [3.8, 4) is 23.9 Å². The van der Waals surface area contributed by atoms with Gasteiger partial charge in [-0.25, -0.2) is 14.4 Å². The SMILES string of the molecule is C.C.C.C.CCOc1nc(OC)nc2oc(=O)cc(CC)c12.CCc1cc(=O)oc2nc(OC)[nH]c(=O)c12.CCc1cc(=O)oc2nc(OC)n(CC)c(=O)c12.O=CO[O-].[H-].[K+].[K+]. The number of aromatic nitrogens is 6. The van der Waals surface area contributed by atoms with E-state index < -0.39 is 16.9 Å². The van der Waals surface area contributed by atoms with Gasteiger partial charge in [0, 0.05) is 24.7 Å². The largest absolute Gasteiger partial charge is 1.00 e. The van der Waals surface area contributed by atoms with Gasteiger partial charge in [-0.05, 0) is 49.8 Å². The Balaban J connectivity index is -0.000000243. The predicted octanol–water partition coefficient (Wildman–Crippen LogP) is -1.96. The van der Waals surface area contributed by atoms with E-state index in [4.69, 9.17) is 42.3 Å². The van der Waals surface area contributed by atoms with E-state index in [1.807, 2.05) is 34.6 Å². The van der Waals surface area contributed by atoms with Gasteiger partial charge in [-0.2, -0.15) is 19.9 Å². The van der Waals surface area contributed by atoms with E-state index in [-0.39, 0.29) is 187 Å². The van der Waals surface area contributed by atoms with Crippen molar-refractivity contribution < 1.29 is 151 Å². The number of nitrogens with one attached hydrogen (secondary N) is 1. The van der Waals surface area contributed by atoms with Gasteiger partial charge in [0.15, 0.2) is 0 Å². The van der Waals surface area contributed by atoms with Crippen LogP contribution in [0.25, 0.3) is 33.3 Å². The smallest absolute Gasteiger partial charge is 1.00 e. The molecule has 0 aliphatic carbocycles. The number of carbonyl (C=O) groups excluding carboxylic acids is 1. The monoisotopic (exact) mass is 926 g/mol. The number of carbonyl (C=O) groups is 1. The van der Waals surface area contributed by atoms with E-state index in [0.29, 0.717) is 65.6 Å². The summed E-state index contributed by atoms with van der Waals surface area (Å²) in [6, 6.07) is 4.34. The Bertz CT molecular complexity index is 2610. The fraction of sp³-hybridized carbons (Fsp3) is 0.436. The maximum Gasteiger partial charge on any atom is 1.00 e. The molecule has 6 heterocycles. The number of aryl methyl sites for hydroxylation is 3. The van der Waals surface area contributed by atoms with Crippen LogP contribution in [0.3, 0.4) is 0 Å². The molecule has 0 amide bonds. The van der Waals surface area contributed by atoms with Crippen LogP contribution in [0.2, 0.25) is 0 Å². The van der Waals surface area contributed by atoms with E-state index in [2.05, 4.69) is 29.8 Å². The van der Waals surface area contributed by atoms with Crippen LogP contribution in [0.5, 0.6) is 23.9 Å². The standard InChI is InChI=1S/2C12H14N2O4.C10H10N2O4.CH2O3.4CH4.2K.H/c1-4-7-6-8(15)18-11-9(7)10(17-5-2)13-12(14-11)16-3;1-4-7-6-8(15)18-10-9(7)11(16)14(5-2)12(13-10)17-3;1-3-5-4-6(13)16-9-7(5)8(14)11-10(12-9)15-2;2-1-4-3;;;;;;;/h2*6H,4-5H2,1-3H3;4H,3H2,1-2H3,(H,11,12,14);1,3H;4*1H4;;;/q;;;;;;;;2*+1;-1/p-1. The molecule has 6 aromatic heterocycles. The van der Waals surface area contributed by atoms with Crippen molar-refractivity contribution >= 4 is 39.8 Å². The second-order valence-electron chi connectivity index (χ2n) is 10.7. The fourth-order valence-electron chi connectivity index (χ4n) is 5.12. The fourth-order valence-corrected chi connectivity index (χ4v) is 5.12. The minimum absolute atomic E-state index is 0. The van der Waals surface area contributed by atoms with Crippen molar-refractivity contribution in [2.45, 2.75) is 90.1 Å². The Labute approximate surface area is 444 Å². The second-order valence-corrected chi connectivity index (χ2v) is 10.7. The molecule has 0 saturated heterocycles. The van der Waals surface area contributed by atoms with Gasteiger partial charge in [0.05, 0.1) is 27.9 Å². The van der Waals surface area contributed by atoms with Crippen molar-refractivity contribution in [3.05, 3.63) is 86.9 Å². The third kappa shape index (κ3) is 16.5. The minimum atomic E-state index is -0.524. The summed E-state index contributed by atoms with van der Waals surface area (Å²) in [4.78, 5) is 87.8. The maximum absolute atomic E-state index is 12.3. The van der Waals surface area contributed by atoms with Crippen molar-refractivity contribution in [1.29, 1.82) is 0 Å². The van der Waals surface area contributed by atoms with Crippen LogP contribution in [0.15, 0.2) is 55.4 Å². The molecule has 0 atom stereocenters. The molecule has 0 bridgehead atoms. The van der Waals surface area contributed by atoms with Gasteiger partial charge in [0.2, 0.25) is 23.0 Å². The van der Waals surface area contributed by atoms with E-state index >= 15 is 0 Å². The van der Waals surface area contributed by atoms with Crippen LogP contribution < -0.4 is 155 Å². The molecule has 0 saturated carbocycles. The number of aromatic amines is 1. The number of ether oxygens (including phenoxy) is 4. The van der Waals surface area contributed by atoms with Crippen LogP contribution >= 0.6 is 0 Å². The van der Waals surface area contributed by atoms with Crippen molar-refractivity contribution in [2.24, 2.45) is 0 Å². The summed E-state index contributed by atoms with van der Waals surface area (Å²) in [6.45, 7) is 10.0. The van der Waals surface area contributed by atoms with Crippen LogP contribution in [0.1, 0.15) is 82.4 Å². The topological polar surface area (TPSA) is 283 Å². The van der Waals surface area contributed by atoms with Gasteiger partial charge in [-0.3, -0.25) is 23.9 Å². The molecule has 62 heavy (non-hydrogen) atoms. The Morgan fingerprint density at radius 2 is 1.13 bits per heavy atom. The van der Waals surface area contributed by atoms with E-state index in [0.717, 1.165) is 5.56 Å². The normalized spacial score (nSPS) is 9.31.